The van der Waals surface area contributed by atoms with E-state index in [-0.39, 0.29) is 0 Å². The quantitative estimate of drug-likeness (QED) is 0.861. The number of halogens is 1. The van der Waals surface area contributed by atoms with E-state index in [0.717, 1.165) is 15.2 Å². The molecule has 0 saturated heterocycles. The molecule has 2 rings (SSSR count). The summed E-state index contributed by atoms with van der Waals surface area (Å²) < 4.78 is 26.7. The summed E-state index contributed by atoms with van der Waals surface area (Å²) in [4.78, 5) is 10.4. The van der Waals surface area contributed by atoms with Crippen LogP contribution in [0, 0.1) is 0 Å². The van der Waals surface area contributed by atoms with Crippen LogP contribution in [0.25, 0.3) is 10.8 Å². The summed E-state index contributed by atoms with van der Waals surface area (Å²) in [6, 6.07) is 10.8. The lowest BCUT2D eigenvalue weighted by molar-refractivity contribution is -0.136. The Morgan fingerprint density at radius 3 is 2.50 bits per heavy atom. The van der Waals surface area contributed by atoms with E-state index in [1.807, 2.05) is 18.2 Å². The van der Waals surface area contributed by atoms with E-state index in [4.69, 9.17) is 5.11 Å². The van der Waals surface area contributed by atoms with E-state index in [2.05, 4.69) is 20.7 Å². The van der Waals surface area contributed by atoms with E-state index < -0.39 is 28.2 Å². The SMILES string of the molecule is O=C(O)CCS(=O)(=O)Nc1ccc2cc(Br)ccc2c1. The maximum atomic E-state index is 11.7. The van der Waals surface area contributed by atoms with E-state index in [0.29, 0.717) is 5.69 Å². The average Bonchev–Trinajstić information content (AvgIpc) is 2.36. The van der Waals surface area contributed by atoms with Crippen molar-refractivity contribution in [3.63, 3.8) is 0 Å². The predicted octanol–water partition coefficient (Wildman–Crippen LogP) is 2.82. The highest BCUT2D eigenvalue weighted by molar-refractivity contribution is 9.10. The van der Waals surface area contributed by atoms with Gasteiger partial charge in [-0.25, -0.2) is 8.42 Å². The molecule has 106 valence electrons. The van der Waals surface area contributed by atoms with Crippen LogP contribution >= 0.6 is 15.9 Å². The molecule has 0 saturated carbocycles. The lowest BCUT2D eigenvalue weighted by Crippen LogP contribution is -2.18. The van der Waals surface area contributed by atoms with Crippen LogP contribution < -0.4 is 4.72 Å². The summed E-state index contributed by atoms with van der Waals surface area (Å²) in [5, 5.41) is 10.4. The minimum atomic E-state index is -3.65. The molecular formula is C13H12BrNO4S. The molecule has 0 atom stereocenters. The lowest BCUT2D eigenvalue weighted by atomic mass is 10.1. The van der Waals surface area contributed by atoms with Crippen LogP contribution in [-0.4, -0.2) is 25.2 Å². The Labute approximate surface area is 124 Å². The minimum Gasteiger partial charge on any atom is -0.481 e. The number of benzene rings is 2. The molecule has 2 N–H and O–H groups in total. The summed E-state index contributed by atoms with van der Waals surface area (Å²) >= 11 is 3.37. The minimum absolute atomic E-state index is 0.421. The second-order valence-electron chi connectivity index (χ2n) is 4.27. The summed E-state index contributed by atoms with van der Waals surface area (Å²) in [7, 11) is -3.65. The number of anilines is 1. The summed E-state index contributed by atoms with van der Waals surface area (Å²) in [6.45, 7) is 0. The molecule has 2 aromatic rings. The second-order valence-corrected chi connectivity index (χ2v) is 7.03. The first-order valence-electron chi connectivity index (χ1n) is 5.77. The average molecular weight is 358 g/mol. The molecule has 0 spiro atoms. The zero-order valence-corrected chi connectivity index (χ0v) is 12.7. The molecule has 0 amide bonds. The number of carboxylic acids is 1. The van der Waals surface area contributed by atoms with Crippen molar-refractivity contribution in [2.75, 3.05) is 10.5 Å². The van der Waals surface area contributed by atoms with Crippen LogP contribution in [0.2, 0.25) is 0 Å². The first-order valence-corrected chi connectivity index (χ1v) is 8.22. The number of rotatable bonds is 5. The molecule has 0 aromatic heterocycles. The van der Waals surface area contributed by atoms with Gasteiger partial charge in [-0.1, -0.05) is 28.1 Å². The van der Waals surface area contributed by atoms with Gasteiger partial charge in [0.15, 0.2) is 0 Å². The maximum absolute atomic E-state index is 11.7. The molecule has 0 radical (unpaired) electrons. The monoisotopic (exact) mass is 357 g/mol. The van der Waals surface area contributed by atoms with Crippen LogP contribution in [0.4, 0.5) is 5.69 Å². The molecule has 5 nitrogen and oxygen atoms in total. The highest BCUT2D eigenvalue weighted by atomic mass is 79.9. The van der Waals surface area contributed by atoms with Gasteiger partial charge < -0.3 is 5.11 Å². The Kier molecular flexibility index (Phi) is 4.29. The smallest absolute Gasteiger partial charge is 0.304 e. The number of aliphatic carboxylic acids is 1. The van der Waals surface area contributed by atoms with E-state index in [9.17, 15) is 13.2 Å². The zero-order chi connectivity index (χ0) is 14.8. The van der Waals surface area contributed by atoms with E-state index in [1.54, 1.807) is 18.2 Å². The fourth-order valence-corrected chi connectivity index (χ4v) is 3.14. The van der Waals surface area contributed by atoms with Crippen molar-refractivity contribution in [2.24, 2.45) is 0 Å². The molecule has 7 heteroatoms. The Bertz CT molecular complexity index is 758. The van der Waals surface area contributed by atoms with Crippen molar-refractivity contribution in [2.45, 2.75) is 6.42 Å². The molecule has 2 aromatic carbocycles. The van der Waals surface area contributed by atoms with Crippen molar-refractivity contribution in [3.8, 4) is 0 Å². The van der Waals surface area contributed by atoms with Gasteiger partial charge in [-0.3, -0.25) is 9.52 Å². The Morgan fingerprint density at radius 2 is 1.80 bits per heavy atom. The number of hydrogen-bond donors (Lipinski definition) is 2. The fraction of sp³-hybridized carbons (Fsp3) is 0.154. The highest BCUT2D eigenvalue weighted by Crippen LogP contribution is 2.23. The molecule has 0 aliphatic heterocycles. The Balaban J connectivity index is 2.21. The molecular weight excluding hydrogens is 346 g/mol. The van der Waals surface area contributed by atoms with Crippen LogP contribution in [0.5, 0.6) is 0 Å². The maximum Gasteiger partial charge on any atom is 0.304 e. The number of carboxylic acid groups (broad SMARTS) is 1. The molecule has 20 heavy (non-hydrogen) atoms. The number of hydrogen-bond acceptors (Lipinski definition) is 3. The second kappa shape index (κ2) is 5.80. The lowest BCUT2D eigenvalue weighted by Gasteiger charge is -2.08. The molecule has 0 fully saturated rings. The molecule has 0 aliphatic rings. The Morgan fingerprint density at radius 1 is 1.15 bits per heavy atom. The highest BCUT2D eigenvalue weighted by Gasteiger charge is 2.13. The molecule has 0 unspecified atom stereocenters. The van der Waals surface area contributed by atoms with Gasteiger partial charge in [-0.15, -0.1) is 0 Å². The van der Waals surface area contributed by atoms with Gasteiger partial charge in [0.05, 0.1) is 12.2 Å². The van der Waals surface area contributed by atoms with Crippen LogP contribution in [0.1, 0.15) is 6.42 Å². The van der Waals surface area contributed by atoms with Crippen molar-refractivity contribution in [3.05, 3.63) is 40.9 Å². The van der Waals surface area contributed by atoms with Crippen molar-refractivity contribution >= 4 is 48.4 Å². The van der Waals surface area contributed by atoms with Gasteiger partial charge in [-0.2, -0.15) is 0 Å². The normalized spacial score (nSPS) is 11.4. The third-order valence-corrected chi connectivity index (χ3v) is 4.44. The number of fused-ring (bicyclic) bond motifs is 1. The van der Waals surface area contributed by atoms with Crippen LogP contribution in [0.3, 0.4) is 0 Å². The molecule has 0 heterocycles. The zero-order valence-electron chi connectivity index (χ0n) is 10.3. The van der Waals surface area contributed by atoms with Crippen molar-refractivity contribution in [1.29, 1.82) is 0 Å². The van der Waals surface area contributed by atoms with Crippen molar-refractivity contribution < 1.29 is 18.3 Å². The number of sulfonamides is 1. The fourth-order valence-electron chi connectivity index (χ4n) is 1.73. The van der Waals surface area contributed by atoms with Gasteiger partial charge >= 0.3 is 5.97 Å². The van der Waals surface area contributed by atoms with Gasteiger partial charge in [0.2, 0.25) is 10.0 Å². The predicted molar refractivity (Wildman–Crippen MR) is 81.3 cm³/mol. The van der Waals surface area contributed by atoms with Crippen molar-refractivity contribution in [1.82, 2.24) is 0 Å². The largest absolute Gasteiger partial charge is 0.481 e. The third-order valence-electron chi connectivity index (χ3n) is 2.66. The molecule has 0 bridgehead atoms. The molecule has 0 aliphatic carbocycles. The first kappa shape index (κ1) is 14.8. The van der Waals surface area contributed by atoms with Gasteiger partial charge in [0, 0.05) is 10.2 Å². The summed E-state index contributed by atoms with van der Waals surface area (Å²) in [5.74, 6) is -1.58. The van der Waals surface area contributed by atoms with Gasteiger partial charge in [0.25, 0.3) is 0 Å². The van der Waals surface area contributed by atoms with Crippen LogP contribution in [0.15, 0.2) is 40.9 Å². The first-order chi connectivity index (χ1) is 9.35. The Hall–Kier alpha value is -1.60. The number of nitrogens with one attached hydrogen (secondary N) is 1. The topological polar surface area (TPSA) is 83.5 Å². The van der Waals surface area contributed by atoms with E-state index >= 15 is 0 Å². The van der Waals surface area contributed by atoms with E-state index in [1.165, 1.54) is 0 Å². The number of carbonyl (C=O) groups is 1. The summed E-state index contributed by atoms with van der Waals surface area (Å²) in [5.41, 5.74) is 0.421. The van der Waals surface area contributed by atoms with Gasteiger partial charge in [0.1, 0.15) is 0 Å². The van der Waals surface area contributed by atoms with Crippen LogP contribution in [-0.2, 0) is 14.8 Å². The third kappa shape index (κ3) is 3.94. The standard InChI is InChI=1S/C13H12BrNO4S/c14-11-3-1-10-8-12(4-2-9(10)7-11)15-20(18,19)6-5-13(16)17/h1-4,7-8,15H,5-6H2,(H,16,17). The summed E-state index contributed by atoms with van der Waals surface area (Å²) in [6.07, 6.45) is -0.421. The van der Waals surface area contributed by atoms with Gasteiger partial charge in [-0.05, 0) is 35.0 Å².